The maximum absolute atomic E-state index is 13.2. The van der Waals surface area contributed by atoms with Crippen molar-refractivity contribution in [3.8, 4) is 0 Å². The minimum Gasteiger partial charge on any atom is -0.299 e. The van der Waals surface area contributed by atoms with Gasteiger partial charge in [0, 0.05) is 18.4 Å². The summed E-state index contributed by atoms with van der Waals surface area (Å²) in [6, 6.07) is 5.83. The average molecular weight is 339 g/mol. The molecule has 2 bridgehead atoms. The van der Waals surface area contributed by atoms with E-state index in [2.05, 4.69) is 4.72 Å². The Kier molecular flexibility index (Phi) is 3.88. The molecule has 23 heavy (non-hydrogen) atoms. The lowest BCUT2D eigenvalue weighted by Gasteiger charge is -2.36. The third-order valence-electron chi connectivity index (χ3n) is 5.96. The van der Waals surface area contributed by atoms with Crippen LogP contribution >= 0.6 is 0 Å². The number of Topliss-reactive ketones (excluding diaryl/α,β-unsaturated/α-hetero) is 1. The molecule has 1 aromatic carbocycles. The zero-order valence-electron chi connectivity index (χ0n) is 13.4. The molecule has 2 saturated carbocycles. The number of nitrogens with one attached hydrogen (secondary N) is 1. The van der Waals surface area contributed by atoms with Crippen molar-refractivity contribution >= 4 is 15.8 Å². The van der Waals surface area contributed by atoms with Gasteiger partial charge in [0.1, 0.15) is 11.6 Å². The largest absolute Gasteiger partial charge is 0.299 e. The fourth-order valence-corrected chi connectivity index (χ4v) is 6.14. The van der Waals surface area contributed by atoms with Gasteiger partial charge in [0.05, 0.1) is 5.75 Å². The Labute approximate surface area is 136 Å². The molecule has 2 aliphatic carbocycles. The highest BCUT2D eigenvalue weighted by molar-refractivity contribution is 7.89. The van der Waals surface area contributed by atoms with Gasteiger partial charge in [0.15, 0.2) is 0 Å². The maximum atomic E-state index is 13.2. The second-order valence-corrected chi connectivity index (χ2v) is 9.18. The van der Waals surface area contributed by atoms with Gasteiger partial charge in [0.2, 0.25) is 10.0 Å². The molecule has 126 valence electrons. The van der Waals surface area contributed by atoms with E-state index in [1.807, 2.05) is 13.8 Å². The number of benzene rings is 1. The number of halogens is 1. The van der Waals surface area contributed by atoms with Crippen molar-refractivity contribution in [2.75, 3.05) is 5.75 Å². The molecular weight excluding hydrogens is 317 g/mol. The number of fused-ring (bicyclic) bond motifs is 2. The van der Waals surface area contributed by atoms with Gasteiger partial charge in [-0.25, -0.2) is 17.5 Å². The van der Waals surface area contributed by atoms with E-state index in [1.165, 1.54) is 12.1 Å². The Bertz CT molecular complexity index is 744. The van der Waals surface area contributed by atoms with Gasteiger partial charge in [-0.3, -0.25) is 4.79 Å². The third kappa shape index (κ3) is 2.72. The second-order valence-electron chi connectivity index (χ2n) is 7.38. The Hall–Kier alpha value is -1.27. The molecule has 2 atom stereocenters. The van der Waals surface area contributed by atoms with Gasteiger partial charge in [-0.15, -0.1) is 0 Å². The third-order valence-corrected chi connectivity index (χ3v) is 7.42. The van der Waals surface area contributed by atoms with E-state index in [4.69, 9.17) is 0 Å². The minimum absolute atomic E-state index is 0.0359. The summed E-state index contributed by atoms with van der Waals surface area (Å²) in [5, 5.41) is 0. The van der Waals surface area contributed by atoms with Crippen LogP contribution in [0.15, 0.2) is 24.3 Å². The van der Waals surface area contributed by atoms with Gasteiger partial charge in [-0.05, 0) is 41.9 Å². The van der Waals surface area contributed by atoms with Crippen LogP contribution in [0.5, 0.6) is 0 Å². The number of rotatable bonds is 5. The summed E-state index contributed by atoms with van der Waals surface area (Å²) in [5.74, 6) is -0.202. The lowest BCUT2D eigenvalue weighted by Crippen LogP contribution is -2.45. The molecule has 2 aliphatic rings. The SMILES string of the molecule is CC1(C)[C@H]2CC[C@@]1(CS(=O)(=O)NCc1cccc(F)c1)C(=O)C2. The first kappa shape index (κ1) is 16.6. The van der Waals surface area contributed by atoms with Crippen LogP contribution in [0.2, 0.25) is 0 Å². The van der Waals surface area contributed by atoms with Gasteiger partial charge in [-0.1, -0.05) is 26.0 Å². The maximum Gasteiger partial charge on any atom is 0.212 e. The van der Waals surface area contributed by atoms with Crippen LogP contribution in [-0.4, -0.2) is 20.0 Å². The van der Waals surface area contributed by atoms with E-state index in [0.29, 0.717) is 18.4 Å². The summed E-state index contributed by atoms with van der Waals surface area (Å²) < 4.78 is 40.7. The van der Waals surface area contributed by atoms with Crippen LogP contribution in [0, 0.1) is 22.6 Å². The van der Waals surface area contributed by atoms with E-state index in [0.717, 1.165) is 6.42 Å². The van der Waals surface area contributed by atoms with Crippen LogP contribution in [-0.2, 0) is 21.4 Å². The molecule has 0 amide bonds. The van der Waals surface area contributed by atoms with Crippen molar-refractivity contribution in [2.45, 2.75) is 39.7 Å². The molecule has 1 N–H and O–H groups in total. The van der Waals surface area contributed by atoms with Gasteiger partial charge >= 0.3 is 0 Å². The number of carbonyl (C=O) groups excluding carboxylic acids is 1. The van der Waals surface area contributed by atoms with E-state index < -0.39 is 21.3 Å². The number of sulfonamides is 1. The summed E-state index contributed by atoms with van der Waals surface area (Å²) in [6.07, 6.45) is 2.05. The van der Waals surface area contributed by atoms with Gasteiger partial charge in [-0.2, -0.15) is 0 Å². The monoisotopic (exact) mass is 339 g/mol. The number of carbonyl (C=O) groups is 1. The summed E-state index contributed by atoms with van der Waals surface area (Å²) >= 11 is 0. The summed E-state index contributed by atoms with van der Waals surface area (Å²) in [6.45, 7) is 4.06. The highest BCUT2D eigenvalue weighted by atomic mass is 32.2. The first-order valence-corrected chi connectivity index (χ1v) is 9.57. The summed E-state index contributed by atoms with van der Waals surface area (Å²) in [5.41, 5.74) is -0.490. The average Bonchev–Trinajstić information content (AvgIpc) is 2.79. The standard InChI is InChI=1S/C17H22FNO3S/c1-16(2)13-6-7-17(16,15(20)9-13)11-23(21,22)19-10-12-4-3-5-14(18)8-12/h3-5,8,13,19H,6-7,9-11H2,1-2H3/t13-,17+/m0/s1. The number of hydrogen-bond acceptors (Lipinski definition) is 3. The molecule has 3 rings (SSSR count). The quantitative estimate of drug-likeness (QED) is 0.897. The summed E-state index contributed by atoms with van der Waals surface area (Å²) in [7, 11) is -3.62. The zero-order valence-corrected chi connectivity index (χ0v) is 14.2. The Balaban J connectivity index is 1.75. The van der Waals surface area contributed by atoms with Crippen LogP contribution in [0.4, 0.5) is 4.39 Å². The van der Waals surface area contributed by atoms with Crippen molar-refractivity contribution in [1.82, 2.24) is 4.72 Å². The molecular formula is C17H22FNO3S. The predicted octanol–water partition coefficient (Wildman–Crippen LogP) is 2.64. The van der Waals surface area contributed by atoms with Crippen LogP contribution in [0.1, 0.15) is 38.7 Å². The number of ketones is 1. The molecule has 2 fully saturated rings. The van der Waals surface area contributed by atoms with Crippen LogP contribution in [0.3, 0.4) is 0 Å². The molecule has 0 heterocycles. The van der Waals surface area contributed by atoms with Crippen molar-refractivity contribution in [3.63, 3.8) is 0 Å². The predicted molar refractivity (Wildman–Crippen MR) is 85.6 cm³/mol. The lowest BCUT2D eigenvalue weighted by atomic mass is 9.70. The molecule has 0 spiro atoms. The fraction of sp³-hybridized carbons (Fsp3) is 0.588. The Morgan fingerprint density at radius 1 is 1.35 bits per heavy atom. The smallest absolute Gasteiger partial charge is 0.212 e. The zero-order chi connectivity index (χ0) is 16.9. The first-order valence-electron chi connectivity index (χ1n) is 7.91. The molecule has 0 saturated heterocycles. The van der Waals surface area contributed by atoms with Crippen molar-refractivity contribution < 1.29 is 17.6 Å². The summed E-state index contributed by atoms with van der Waals surface area (Å²) in [4.78, 5) is 12.4. The van der Waals surface area contributed by atoms with Crippen molar-refractivity contribution in [1.29, 1.82) is 0 Å². The van der Waals surface area contributed by atoms with Crippen LogP contribution in [0.25, 0.3) is 0 Å². The number of hydrogen-bond donors (Lipinski definition) is 1. The van der Waals surface area contributed by atoms with Crippen LogP contribution < -0.4 is 4.72 Å². The van der Waals surface area contributed by atoms with E-state index in [-0.39, 0.29) is 29.4 Å². The molecule has 0 unspecified atom stereocenters. The molecule has 0 radical (unpaired) electrons. The molecule has 6 heteroatoms. The highest BCUT2D eigenvalue weighted by Crippen LogP contribution is 2.64. The molecule has 0 aromatic heterocycles. The van der Waals surface area contributed by atoms with Crippen molar-refractivity contribution in [3.05, 3.63) is 35.6 Å². The van der Waals surface area contributed by atoms with E-state index in [9.17, 15) is 17.6 Å². The molecule has 0 aliphatic heterocycles. The lowest BCUT2D eigenvalue weighted by molar-refractivity contribution is -0.128. The first-order chi connectivity index (χ1) is 10.7. The Morgan fingerprint density at radius 3 is 2.65 bits per heavy atom. The normalized spacial score (nSPS) is 29.2. The molecule has 4 nitrogen and oxygen atoms in total. The van der Waals surface area contributed by atoms with Gasteiger partial charge in [0.25, 0.3) is 0 Å². The highest BCUT2D eigenvalue weighted by Gasteiger charge is 2.65. The van der Waals surface area contributed by atoms with Gasteiger partial charge < -0.3 is 0 Å². The minimum atomic E-state index is -3.62. The molecule has 1 aromatic rings. The van der Waals surface area contributed by atoms with E-state index >= 15 is 0 Å². The Morgan fingerprint density at radius 2 is 2.09 bits per heavy atom. The topological polar surface area (TPSA) is 63.2 Å². The van der Waals surface area contributed by atoms with Crippen molar-refractivity contribution in [2.24, 2.45) is 16.7 Å². The second kappa shape index (κ2) is 5.38. The fourth-order valence-electron chi connectivity index (χ4n) is 4.32. The van der Waals surface area contributed by atoms with E-state index in [1.54, 1.807) is 12.1 Å².